The molecular formula is C12H20BrN3O. The van der Waals surface area contributed by atoms with Crippen molar-refractivity contribution in [2.75, 3.05) is 6.54 Å². The molecule has 1 heterocycles. The van der Waals surface area contributed by atoms with Gasteiger partial charge >= 0.3 is 0 Å². The van der Waals surface area contributed by atoms with Gasteiger partial charge in [0.2, 0.25) is 0 Å². The summed E-state index contributed by atoms with van der Waals surface area (Å²) < 4.78 is 1.74. The summed E-state index contributed by atoms with van der Waals surface area (Å²) in [6.45, 7) is 6.59. The summed E-state index contributed by atoms with van der Waals surface area (Å²) in [5.74, 6) is -0.0182. The molecule has 1 amide bonds. The standard InChI is InChI=1S/C12H20BrN3O/c1-8(13)6-5-7-14-12(17)11-9(2)15-16(4)10(11)3/h8H,5-7H2,1-4H3,(H,14,17). The maximum atomic E-state index is 12.0. The molecule has 0 saturated heterocycles. The van der Waals surface area contributed by atoms with Crippen LogP contribution in [0.3, 0.4) is 0 Å². The van der Waals surface area contributed by atoms with Crippen molar-refractivity contribution in [2.45, 2.75) is 38.4 Å². The molecule has 17 heavy (non-hydrogen) atoms. The fraction of sp³-hybridized carbons (Fsp3) is 0.667. The van der Waals surface area contributed by atoms with E-state index in [1.807, 2.05) is 20.9 Å². The van der Waals surface area contributed by atoms with E-state index in [-0.39, 0.29) is 5.91 Å². The zero-order chi connectivity index (χ0) is 13.0. The Kier molecular flexibility index (Phi) is 5.18. The van der Waals surface area contributed by atoms with Crippen molar-refractivity contribution in [2.24, 2.45) is 7.05 Å². The summed E-state index contributed by atoms with van der Waals surface area (Å²) >= 11 is 3.49. The number of aromatic nitrogens is 2. The third kappa shape index (κ3) is 3.84. The van der Waals surface area contributed by atoms with E-state index in [0.29, 0.717) is 16.9 Å². The first-order valence-electron chi connectivity index (χ1n) is 5.86. The number of hydrogen-bond acceptors (Lipinski definition) is 2. The minimum Gasteiger partial charge on any atom is -0.352 e. The van der Waals surface area contributed by atoms with Crippen molar-refractivity contribution in [3.63, 3.8) is 0 Å². The van der Waals surface area contributed by atoms with Gasteiger partial charge in [-0.05, 0) is 26.7 Å². The highest BCUT2D eigenvalue weighted by Crippen LogP contribution is 2.11. The van der Waals surface area contributed by atoms with E-state index < -0.39 is 0 Å². The van der Waals surface area contributed by atoms with E-state index in [9.17, 15) is 4.79 Å². The van der Waals surface area contributed by atoms with Crippen LogP contribution >= 0.6 is 15.9 Å². The number of aryl methyl sites for hydroxylation is 2. The van der Waals surface area contributed by atoms with Gasteiger partial charge in [0.05, 0.1) is 11.3 Å². The topological polar surface area (TPSA) is 46.9 Å². The average Bonchev–Trinajstić information content (AvgIpc) is 2.48. The summed E-state index contributed by atoms with van der Waals surface area (Å²) in [7, 11) is 1.85. The van der Waals surface area contributed by atoms with Crippen LogP contribution in [0.4, 0.5) is 0 Å². The van der Waals surface area contributed by atoms with Crippen molar-refractivity contribution in [1.82, 2.24) is 15.1 Å². The lowest BCUT2D eigenvalue weighted by molar-refractivity contribution is 0.0951. The van der Waals surface area contributed by atoms with Crippen molar-refractivity contribution < 1.29 is 4.79 Å². The minimum atomic E-state index is -0.0182. The first-order chi connectivity index (χ1) is 7.93. The number of carbonyl (C=O) groups excluding carboxylic acids is 1. The van der Waals surface area contributed by atoms with Crippen LogP contribution in [0, 0.1) is 13.8 Å². The van der Waals surface area contributed by atoms with Gasteiger partial charge < -0.3 is 5.32 Å². The lowest BCUT2D eigenvalue weighted by Crippen LogP contribution is -2.25. The van der Waals surface area contributed by atoms with Gasteiger partial charge in [-0.25, -0.2) is 0 Å². The molecule has 1 unspecified atom stereocenters. The normalized spacial score (nSPS) is 12.5. The second kappa shape index (κ2) is 6.19. The van der Waals surface area contributed by atoms with Crippen LogP contribution < -0.4 is 5.32 Å². The van der Waals surface area contributed by atoms with Gasteiger partial charge in [-0.3, -0.25) is 9.48 Å². The number of hydrogen-bond donors (Lipinski definition) is 1. The molecule has 1 rings (SSSR count). The third-order valence-electron chi connectivity index (χ3n) is 2.80. The van der Waals surface area contributed by atoms with Crippen molar-refractivity contribution in [1.29, 1.82) is 0 Å². The number of rotatable bonds is 5. The lowest BCUT2D eigenvalue weighted by Gasteiger charge is -2.06. The van der Waals surface area contributed by atoms with Crippen molar-refractivity contribution >= 4 is 21.8 Å². The highest BCUT2D eigenvalue weighted by Gasteiger charge is 2.16. The highest BCUT2D eigenvalue weighted by molar-refractivity contribution is 9.09. The zero-order valence-electron chi connectivity index (χ0n) is 10.9. The predicted octanol–water partition coefficient (Wildman–Crippen LogP) is 2.33. The molecule has 5 heteroatoms. The van der Waals surface area contributed by atoms with Gasteiger partial charge in [-0.15, -0.1) is 0 Å². The van der Waals surface area contributed by atoms with Crippen LogP contribution in [-0.2, 0) is 7.05 Å². The molecule has 96 valence electrons. The Labute approximate surface area is 111 Å². The smallest absolute Gasteiger partial charge is 0.255 e. The molecule has 1 N–H and O–H groups in total. The summed E-state index contributed by atoms with van der Waals surface area (Å²) in [5, 5.41) is 7.17. The first-order valence-corrected chi connectivity index (χ1v) is 6.77. The molecule has 0 spiro atoms. The summed E-state index contributed by atoms with van der Waals surface area (Å²) in [6, 6.07) is 0. The number of nitrogens with one attached hydrogen (secondary N) is 1. The van der Waals surface area contributed by atoms with Gasteiger partial charge in [0.15, 0.2) is 0 Å². The van der Waals surface area contributed by atoms with E-state index in [1.54, 1.807) is 4.68 Å². The molecule has 0 aliphatic rings. The molecule has 1 atom stereocenters. The molecule has 4 nitrogen and oxygen atoms in total. The molecule has 0 radical (unpaired) electrons. The molecular weight excluding hydrogens is 282 g/mol. The Morgan fingerprint density at radius 2 is 2.18 bits per heavy atom. The average molecular weight is 302 g/mol. The van der Waals surface area contributed by atoms with Crippen LogP contribution in [0.5, 0.6) is 0 Å². The van der Waals surface area contributed by atoms with E-state index in [2.05, 4.69) is 33.3 Å². The van der Waals surface area contributed by atoms with Gasteiger partial charge in [-0.1, -0.05) is 22.9 Å². The molecule has 0 aliphatic carbocycles. The van der Waals surface area contributed by atoms with E-state index in [1.165, 1.54) is 0 Å². The minimum absolute atomic E-state index is 0.0182. The number of carbonyl (C=O) groups is 1. The molecule has 1 aromatic rings. The highest BCUT2D eigenvalue weighted by atomic mass is 79.9. The van der Waals surface area contributed by atoms with E-state index in [0.717, 1.165) is 24.2 Å². The SMILES string of the molecule is Cc1nn(C)c(C)c1C(=O)NCCCC(C)Br. The summed E-state index contributed by atoms with van der Waals surface area (Å²) in [5.41, 5.74) is 2.41. The Balaban J connectivity index is 2.53. The van der Waals surface area contributed by atoms with Gasteiger partial charge in [0, 0.05) is 24.1 Å². The van der Waals surface area contributed by atoms with Crippen LogP contribution in [0.15, 0.2) is 0 Å². The Morgan fingerprint density at radius 1 is 1.53 bits per heavy atom. The van der Waals surface area contributed by atoms with Crippen molar-refractivity contribution in [3.05, 3.63) is 17.0 Å². The predicted molar refractivity (Wildman–Crippen MR) is 72.6 cm³/mol. The Morgan fingerprint density at radius 3 is 2.65 bits per heavy atom. The Hall–Kier alpha value is -0.840. The quantitative estimate of drug-likeness (QED) is 0.670. The zero-order valence-corrected chi connectivity index (χ0v) is 12.5. The summed E-state index contributed by atoms with van der Waals surface area (Å²) in [4.78, 5) is 12.5. The van der Waals surface area contributed by atoms with E-state index in [4.69, 9.17) is 0 Å². The number of alkyl halides is 1. The maximum Gasteiger partial charge on any atom is 0.255 e. The lowest BCUT2D eigenvalue weighted by atomic mass is 10.2. The Bertz CT molecular complexity index is 399. The molecule has 0 fully saturated rings. The number of nitrogens with zero attached hydrogens (tertiary/aromatic N) is 2. The number of amides is 1. The van der Waals surface area contributed by atoms with Crippen LogP contribution in [0.2, 0.25) is 0 Å². The largest absolute Gasteiger partial charge is 0.352 e. The van der Waals surface area contributed by atoms with E-state index >= 15 is 0 Å². The second-order valence-corrected chi connectivity index (χ2v) is 5.91. The molecule has 0 saturated carbocycles. The van der Waals surface area contributed by atoms with Crippen LogP contribution in [0.25, 0.3) is 0 Å². The van der Waals surface area contributed by atoms with Crippen LogP contribution in [-0.4, -0.2) is 27.1 Å². The first kappa shape index (κ1) is 14.2. The summed E-state index contributed by atoms with van der Waals surface area (Å²) in [6.07, 6.45) is 2.04. The molecule has 0 aromatic carbocycles. The maximum absolute atomic E-state index is 12.0. The van der Waals surface area contributed by atoms with Gasteiger partial charge in [-0.2, -0.15) is 5.10 Å². The monoisotopic (exact) mass is 301 g/mol. The van der Waals surface area contributed by atoms with Crippen LogP contribution in [0.1, 0.15) is 41.5 Å². The molecule has 0 aliphatic heterocycles. The fourth-order valence-electron chi connectivity index (χ4n) is 1.78. The molecule has 1 aromatic heterocycles. The van der Waals surface area contributed by atoms with Crippen molar-refractivity contribution in [3.8, 4) is 0 Å². The van der Waals surface area contributed by atoms with Gasteiger partial charge in [0.1, 0.15) is 0 Å². The third-order valence-corrected chi connectivity index (χ3v) is 3.26. The van der Waals surface area contributed by atoms with Gasteiger partial charge in [0.25, 0.3) is 5.91 Å². The molecule has 0 bridgehead atoms. The number of halogens is 1. The second-order valence-electron chi connectivity index (χ2n) is 4.35. The fourth-order valence-corrected chi connectivity index (χ4v) is 2.10.